The maximum Gasteiger partial charge on any atom is 0.417 e. The van der Waals surface area contributed by atoms with E-state index in [0.29, 0.717) is 13.1 Å². The summed E-state index contributed by atoms with van der Waals surface area (Å²) in [4.78, 5) is 14.4. The van der Waals surface area contributed by atoms with Crippen molar-refractivity contribution in [1.29, 1.82) is 5.26 Å². The van der Waals surface area contributed by atoms with Crippen molar-refractivity contribution in [3.63, 3.8) is 0 Å². The van der Waals surface area contributed by atoms with E-state index in [0.717, 1.165) is 23.3 Å². The Morgan fingerprint density at radius 1 is 1.00 bits per heavy atom. The lowest BCUT2D eigenvalue weighted by atomic mass is 9.89. The number of alkyl halides is 3. The first-order valence-corrected chi connectivity index (χ1v) is 11.6. The molecular weight excluding hydrogens is 505 g/mol. The van der Waals surface area contributed by atoms with Crippen LogP contribution in [0.4, 0.5) is 22.0 Å². The summed E-state index contributed by atoms with van der Waals surface area (Å²) in [5.74, 6) is -1.10. The van der Waals surface area contributed by atoms with Gasteiger partial charge in [0.2, 0.25) is 0 Å². The number of benzene rings is 3. The fraction of sp³-hybridized carbons (Fsp3) is 0.286. The van der Waals surface area contributed by atoms with Gasteiger partial charge in [0, 0.05) is 25.0 Å². The lowest BCUT2D eigenvalue weighted by Gasteiger charge is -2.24. The minimum Gasteiger partial charge on any atom is -0.480 e. The molecule has 1 heterocycles. The molecule has 1 atom stereocenters. The molecule has 3 aromatic rings. The summed E-state index contributed by atoms with van der Waals surface area (Å²) in [6.45, 7) is 4.61. The zero-order valence-electron chi connectivity index (χ0n) is 20.7. The van der Waals surface area contributed by atoms with Crippen LogP contribution in [0.25, 0.3) is 0 Å². The van der Waals surface area contributed by atoms with Crippen molar-refractivity contribution in [2.45, 2.75) is 39.2 Å². The monoisotopic (exact) mass is 531 g/mol. The van der Waals surface area contributed by atoms with Crippen LogP contribution >= 0.6 is 0 Å². The number of carbonyl (C=O) groups is 1. The average Bonchev–Trinajstić information content (AvgIpc) is 3.08. The minimum atomic E-state index is -4.71. The van der Waals surface area contributed by atoms with Gasteiger partial charge in [0.1, 0.15) is 17.4 Å². The first kappa shape index (κ1) is 28.6. The molecule has 1 aliphatic heterocycles. The van der Waals surface area contributed by atoms with Gasteiger partial charge >= 0.3 is 6.18 Å². The summed E-state index contributed by atoms with van der Waals surface area (Å²) in [6.07, 6.45) is -5.70. The van der Waals surface area contributed by atoms with Gasteiger partial charge in [-0.3, -0.25) is 4.79 Å². The highest BCUT2D eigenvalue weighted by Gasteiger charge is 2.48. The van der Waals surface area contributed by atoms with Crippen molar-refractivity contribution in [1.82, 2.24) is 4.90 Å². The third-order valence-electron chi connectivity index (χ3n) is 5.95. The van der Waals surface area contributed by atoms with Gasteiger partial charge < -0.3 is 15.4 Å². The Kier molecular flexibility index (Phi) is 8.74. The largest absolute Gasteiger partial charge is 0.480 e. The second-order valence-corrected chi connectivity index (χ2v) is 9.45. The molecule has 0 radical (unpaired) electrons. The first-order valence-electron chi connectivity index (χ1n) is 11.6. The van der Waals surface area contributed by atoms with E-state index >= 15 is 0 Å². The molecule has 1 aliphatic rings. The molecular formula is C28H26F5N3O2. The summed E-state index contributed by atoms with van der Waals surface area (Å²) < 4.78 is 70.5. The van der Waals surface area contributed by atoms with Gasteiger partial charge in [-0.25, -0.2) is 8.78 Å². The maximum atomic E-state index is 13.2. The van der Waals surface area contributed by atoms with Gasteiger partial charge in [-0.05, 0) is 53.6 Å². The SMILES string of the molecule is CC1(C)CN(Cc2ccc(F)cc2)C(=O)C1Oc1ccc(C#N)c(C(F)(F)F)c1.NCc1ccc(F)cc1. The Labute approximate surface area is 217 Å². The van der Waals surface area contributed by atoms with Crippen LogP contribution in [0.5, 0.6) is 5.75 Å². The molecule has 3 aromatic carbocycles. The van der Waals surface area contributed by atoms with Crippen LogP contribution in [-0.2, 0) is 24.1 Å². The molecule has 0 spiro atoms. The van der Waals surface area contributed by atoms with Crippen LogP contribution in [0.1, 0.15) is 36.1 Å². The lowest BCUT2D eigenvalue weighted by Crippen LogP contribution is -2.36. The highest BCUT2D eigenvalue weighted by atomic mass is 19.4. The fourth-order valence-electron chi connectivity index (χ4n) is 3.99. The molecule has 1 fully saturated rings. The summed E-state index contributed by atoms with van der Waals surface area (Å²) in [6, 6.07) is 16.4. The number of nitrogens with two attached hydrogens (primary N) is 1. The normalized spacial score (nSPS) is 16.4. The van der Waals surface area contributed by atoms with Crippen molar-refractivity contribution in [3.8, 4) is 11.8 Å². The second kappa shape index (κ2) is 11.6. The number of hydrogen-bond acceptors (Lipinski definition) is 4. The molecule has 0 aliphatic carbocycles. The average molecular weight is 532 g/mol. The van der Waals surface area contributed by atoms with Crippen LogP contribution < -0.4 is 10.5 Å². The minimum absolute atomic E-state index is 0.133. The van der Waals surface area contributed by atoms with E-state index in [1.807, 2.05) is 0 Å². The molecule has 2 N–H and O–H groups in total. The number of nitriles is 1. The molecule has 4 rings (SSSR count). The third-order valence-corrected chi connectivity index (χ3v) is 5.95. The Bertz CT molecular complexity index is 1300. The highest BCUT2D eigenvalue weighted by Crippen LogP contribution is 2.38. The number of rotatable bonds is 5. The number of amides is 1. The molecule has 0 saturated carbocycles. The molecule has 5 nitrogen and oxygen atoms in total. The maximum absolute atomic E-state index is 13.2. The zero-order valence-corrected chi connectivity index (χ0v) is 20.7. The van der Waals surface area contributed by atoms with E-state index in [1.54, 1.807) is 38.1 Å². The number of halogens is 5. The van der Waals surface area contributed by atoms with Crippen LogP contribution in [0, 0.1) is 28.4 Å². The summed E-state index contributed by atoms with van der Waals surface area (Å²) >= 11 is 0. The number of likely N-dealkylation sites (tertiary alicyclic amines) is 1. The van der Waals surface area contributed by atoms with E-state index in [9.17, 15) is 26.7 Å². The van der Waals surface area contributed by atoms with Gasteiger partial charge in [-0.2, -0.15) is 18.4 Å². The molecule has 0 aromatic heterocycles. The Morgan fingerprint density at radius 2 is 1.55 bits per heavy atom. The van der Waals surface area contributed by atoms with Gasteiger partial charge in [0.25, 0.3) is 5.91 Å². The van der Waals surface area contributed by atoms with E-state index in [1.165, 1.54) is 41.3 Å². The van der Waals surface area contributed by atoms with E-state index < -0.39 is 28.8 Å². The summed E-state index contributed by atoms with van der Waals surface area (Å²) in [5, 5.41) is 8.90. The lowest BCUT2D eigenvalue weighted by molar-refractivity contribution is -0.138. The predicted octanol–water partition coefficient (Wildman–Crippen LogP) is 5.82. The topological polar surface area (TPSA) is 79.3 Å². The van der Waals surface area contributed by atoms with Crippen molar-refractivity contribution >= 4 is 5.91 Å². The number of hydrogen-bond donors (Lipinski definition) is 1. The molecule has 1 unspecified atom stereocenters. The molecule has 200 valence electrons. The van der Waals surface area contributed by atoms with Gasteiger partial charge in [-0.1, -0.05) is 38.1 Å². The second-order valence-electron chi connectivity index (χ2n) is 9.45. The smallest absolute Gasteiger partial charge is 0.417 e. The summed E-state index contributed by atoms with van der Waals surface area (Å²) in [5.41, 5.74) is 4.68. The fourth-order valence-corrected chi connectivity index (χ4v) is 3.99. The highest BCUT2D eigenvalue weighted by molar-refractivity contribution is 5.84. The van der Waals surface area contributed by atoms with Crippen LogP contribution in [0.2, 0.25) is 0 Å². The molecule has 1 saturated heterocycles. The van der Waals surface area contributed by atoms with Crippen molar-refractivity contribution in [2.75, 3.05) is 6.54 Å². The Hall–Kier alpha value is -3.97. The van der Waals surface area contributed by atoms with Gasteiger partial charge in [-0.15, -0.1) is 0 Å². The van der Waals surface area contributed by atoms with Gasteiger partial charge in [0.15, 0.2) is 6.10 Å². The number of ether oxygens (including phenoxy) is 1. The first-order chi connectivity index (χ1) is 17.8. The molecule has 10 heteroatoms. The quantitative estimate of drug-likeness (QED) is 0.421. The van der Waals surface area contributed by atoms with Gasteiger partial charge in [0.05, 0.1) is 17.2 Å². The number of carbonyl (C=O) groups excluding carboxylic acids is 1. The summed E-state index contributed by atoms with van der Waals surface area (Å²) in [7, 11) is 0. The third kappa shape index (κ3) is 7.07. The van der Waals surface area contributed by atoms with E-state index in [2.05, 4.69) is 0 Å². The van der Waals surface area contributed by atoms with E-state index in [4.69, 9.17) is 15.7 Å². The van der Waals surface area contributed by atoms with Crippen LogP contribution in [0.3, 0.4) is 0 Å². The van der Waals surface area contributed by atoms with Crippen LogP contribution in [-0.4, -0.2) is 23.5 Å². The standard InChI is InChI=1S/C21H18F4N2O2.C7H8FN/c1-20(2)12-27(11-13-3-6-15(22)7-4-13)19(28)18(20)29-16-8-5-14(10-26)17(9-16)21(23,24)25;8-7-3-1-6(5-9)2-4-7/h3-9,18H,11-12H2,1-2H3;1-4H,5,9H2. The Morgan fingerprint density at radius 3 is 2.05 bits per heavy atom. The zero-order chi connectivity index (χ0) is 28.1. The van der Waals surface area contributed by atoms with Crippen molar-refractivity contribution in [2.24, 2.45) is 11.1 Å². The predicted molar refractivity (Wildman–Crippen MR) is 130 cm³/mol. The molecule has 38 heavy (non-hydrogen) atoms. The van der Waals surface area contributed by atoms with Crippen molar-refractivity contribution < 1.29 is 31.5 Å². The molecule has 1 amide bonds. The van der Waals surface area contributed by atoms with E-state index in [-0.39, 0.29) is 29.8 Å². The molecule has 0 bridgehead atoms. The van der Waals surface area contributed by atoms with Crippen LogP contribution in [0.15, 0.2) is 66.7 Å². The Balaban J connectivity index is 0.000000375. The van der Waals surface area contributed by atoms with Crippen molar-refractivity contribution in [3.05, 3.63) is 101 Å². The number of nitrogens with zero attached hydrogens (tertiary/aromatic N) is 2.